The molecule has 0 fully saturated rings. The van der Waals surface area contributed by atoms with Crippen LogP contribution in [-0.2, 0) is 24.1 Å². The molecule has 1 aliphatic heterocycles. The number of hydrogen-bond donors (Lipinski definition) is 0. The van der Waals surface area contributed by atoms with E-state index in [1.54, 1.807) is 66.7 Å². The third kappa shape index (κ3) is 6.14. The lowest BCUT2D eigenvalue weighted by Crippen LogP contribution is -2.34. The van der Waals surface area contributed by atoms with Crippen molar-refractivity contribution in [2.45, 2.75) is 24.1 Å². The maximum atomic E-state index is 14.3. The number of nitrogens with zero attached hydrogens (tertiary/aromatic N) is 1. The molecule has 1 aliphatic rings. The molecule has 0 saturated heterocycles. The van der Waals surface area contributed by atoms with Gasteiger partial charge < -0.3 is 23.5 Å². The van der Waals surface area contributed by atoms with Gasteiger partial charge in [0, 0.05) is 38.5 Å². The molecule has 0 N–H and O–H groups in total. The molecule has 1 unspecified atom stereocenters. The Labute approximate surface area is 318 Å². The van der Waals surface area contributed by atoms with Gasteiger partial charge in [0.1, 0.15) is 11.5 Å². The summed E-state index contributed by atoms with van der Waals surface area (Å²) in [4.78, 5) is 0. The summed E-state index contributed by atoms with van der Waals surface area (Å²) >= 11 is 0. The lowest BCUT2D eigenvalue weighted by atomic mass is 9.83. The molecule has 0 aliphatic carbocycles. The molecule has 0 bridgehead atoms. The van der Waals surface area contributed by atoms with E-state index in [1.165, 1.54) is 21.3 Å². The number of hydrogen-bond acceptors (Lipinski definition) is 4. The zero-order valence-electron chi connectivity index (χ0n) is 30.0. The number of alkyl halides is 9. The standard InChI is InChI=1S/C43H28F9NO4/c1-54-29-12-9-24(10-13-29)40(23-7-5-4-6-8-23)16-15-31-38-37(32-21-35(55-2)36(56-3)22-33(32)39(31)57-40)30-14-11-25(41(44,45)46)20-34(30)53(38)28-18-26(42(47,48)49)17-27(19-28)43(50,51)52/h4-22H,1-3H3. The van der Waals surface area contributed by atoms with E-state index >= 15 is 0 Å². The summed E-state index contributed by atoms with van der Waals surface area (Å²) in [6.45, 7) is 0. The van der Waals surface area contributed by atoms with Crippen LogP contribution in [0.2, 0.25) is 0 Å². The van der Waals surface area contributed by atoms with Gasteiger partial charge in [0.2, 0.25) is 0 Å². The smallest absolute Gasteiger partial charge is 0.416 e. The van der Waals surface area contributed by atoms with Gasteiger partial charge in [0.05, 0.1) is 49.1 Å². The highest BCUT2D eigenvalue weighted by atomic mass is 19.4. The quantitative estimate of drug-likeness (QED) is 0.157. The maximum absolute atomic E-state index is 14.3. The lowest BCUT2D eigenvalue weighted by Gasteiger charge is -2.37. The minimum Gasteiger partial charge on any atom is -0.497 e. The van der Waals surface area contributed by atoms with E-state index in [1.807, 2.05) is 12.1 Å². The SMILES string of the molecule is COc1ccc(C2(c3ccccc3)C=Cc3c(c4cc(OC)c(OC)cc4c4c5ccc(C(F)(F)F)cc5n(-c5cc(C(F)(F)F)cc(C(F)(F)F)c5)c34)O2)cc1. The Bertz CT molecular complexity index is 2700. The fourth-order valence-electron chi connectivity index (χ4n) is 7.52. The zero-order chi connectivity index (χ0) is 40.7. The second-order valence-corrected chi connectivity index (χ2v) is 13.3. The van der Waals surface area contributed by atoms with Crippen molar-refractivity contribution < 1.29 is 58.5 Å². The number of methoxy groups -OCH3 is 3. The summed E-state index contributed by atoms with van der Waals surface area (Å²) in [6.07, 6.45) is -12.1. The lowest BCUT2D eigenvalue weighted by molar-refractivity contribution is -0.143. The molecule has 292 valence electrons. The van der Waals surface area contributed by atoms with Crippen LogP contribution in [0.3, 0.4) is 0 Å². The average Bonchev–Trinajstić information content (AvgIpc) is 3.54. The molecule has 14 heteroatoms. The van der Waals surface area contributed by atoms with Gasteiger partial charge >= 0.3 is 18.5 Å². The van der Waals surface area contributed by atoms with Crippen LogP contribution in [0.4, 0.5) is 39.5 Å². The van der Waals surface area contributed by atoms with E-state index in [0.29, 0.717) is 45.8 Å². The molecule has 0 radical (unpaired) electrons. The fourth-order valence-corrected chi connectivity index (χ4v) is 7.52. The molecule has 0 saturated carbocycles. The second kappa shape index (κ2) is 13.1. The van der Waals surface area contributed by atoms with E-state index in [-0.39, 0.29) is 50.7 Å². The van der Waals surface area contributed by atoms with Crippen LogP contribution in [-0.4, -0.2) is 25.9 Å². The van der Waals surface area contributed by atoms with Crippen LogP contribution in [0.1, 0.15) is 33.4 Å². The molecular formula is C43H28F9NO4. The van der Waals surface area contributed by atoms with Gasteiger partial charge in [0.25, 0.3) is 0 Å². The highest BCUT2D eigenvalue weighted by Gasteiger charge is 2.41. The van der Waals surface area contributed by atoms with Crippen molar-refractivity contribution in [2.24, 2.45) is 0 Å². The third-order valence-corrected chi connectivity index (χ3v) is 10.1. The Morgan fingerprint density at radius 3 is 1.70 bits per heavy atom. The zero-order valence-corrected chi connectivity index (χ0v) is 30.0. The Morgan fingerprint density at radius 1 is 0.561 bits per heavy atom. The molecule has 0 spiro atoms. The fraction of sp³-hybridized carbons (Fsp3) is 0.163. The predicted octanol–water partition coefficient (Wildman–Crippen LogP) is 12.4. The number of halogens is 9. The largest absolute Gasteiger partial charge is 0.497 e. The molecule has 8 rings (SSSR count). The van der Waals surface area contributed by atoms with E-state index in [0.717, 1.165) is 16.7 Å². The van der Waals surface area contributed by atoms with Gasteiger partial charge in [-0.2, -0.15) is 39.5 Å². The second-order valence-electron chi connectivity index (χ2n) is 13.3. The first kappa shape index (κ1) is 37.6. The van der Waals surface area contributed by atoms with E-state index in [2.05, 4.69) is 0 Å². The maximum Gasteiger partial charge on any atom is 0.416 e. The monoisotopic (exact) mass is 793 g/mol. The Balaban J connectivity index is 1.59. The summed E-state index contributed by atoms with van der Waals surface area (Å²) in [5.41, 5.74) is -5.42. The van der Waals surface area contributed by atoms with Crippen molar-refractivity contribution in [3.63, 3.8) is 0 Å². The van der Waals surface area contributed by atoms with Crippen LogP contribution in [0.5, 0.6) is 23.0 Å². The van der Waals surface area contributed by atoms with E-state index in [9.17, 15) is 39.5 Å². The Hall–Kier alpha value is -6.31. The van der Waals surface area contributed by atoms with Gasteiger partial charge in [-0.15, -0.1) is 0 Å². The molecular weight excluding hydrogens is 765 g/mol. The van der Waals surface area contributed by atoms with Gasteiger partial charge in [-0.3, -0.25) is 0 Å². The molecule has 2 heterocycles. The third-order valence-electron chi connectivity index (χ3n) is 10.1. The summed E-state index contributed by atoms with van der Waals surface area (Å²) < 4.78 is 154. The molecule has 57 heavy (non-hydrogen) atoms. The number of aromatic nitrogens is 1. The van der Waals surface area contributed by atoms with Gasteiger partial charge in [-0.05, 0) is 72.1 Å². The van der Waals surface area contributed by atoms with Crippen molar-refractivity contribution in [3.05, 3.63) is 143 Å². The highest BCUT2D eigenvalue weighted by Crippen LogP contribution is 2.53. The summed E-state index contributed by atoms with van der Waals surface area (Å²) in [6, 6.07) is 22.8. The first-order valence-corrected chi connectivity index (χ1v) is 17.1. The number of benzene rings is 6. The Morgan fingerprint density at radius 2 is 1.14 bits per heavy atom. The number of ether oxygens (including phenoxy) is 4. The van der Waals surface area contributed by atoms with Crippen LogP contribution in [0.15, 0.2) is 109 Å². The van der Waals surface area contributed by atoms with Gasteiger partial charge in [-0.1, -0.05) is 48.5 Å². The average molecular weight is 794 g/mol. The van der Waals surface area contributed by atoms with Crippen LogP contribution >= 0.6 is 0 Å². The Kier molecular flexibility index (Phi) is 8.67. The van der Waals surface area contributed by atoms with Crippen LogP contribution in [0, 0.1) is 0 Å². The molecule has 5 nitrogen and oxygen atoms in total. The first-order valence-electron chi connectivity index (χ1n) is 17.1. The highest BCUT2D eigenvalue weighted by molar-refractivity contribution is 6.25. The summed E-state index contributed by atoms with van der Waals surface area (Å²) in [7, 11) is 4.27. The summed E-state index contributed by atoms with van der Waals surface area (Å²) in [5.74, 6) is 1.10. The summed E-state index contributed by atoms with van der Waals surface area (Å²) in [5, 5.41) is 0.990. The van der Waals surface area contributed by atoms with E-state index in [4.69, 9.17) is 18.9 Å². The molecule has 1 aromatic heterocycles. The van der Waals surface area contributed by atoms with Crippen molar-refractivity contribution >= 4 is 38.7 Å². The first-order chi connectivity index (χ1) is 27.0. The predicted molar refractivity (Wildman–Crippen MR) is 196 cm³/mol. The molecule has 0 amide bonds. The van der Waals surface area contributed by atoms with Gasteiger partial charge in [0.15, 0.2) is 17.1 Å². The topological polar surface area (TPSA) is 41.9 Å². The van der Waals surface area contributed by atoms with Crippen LogP contribution < -0.4 is 18.9 Å². The number of fused-ring (bicyclic) bond motifs is 8. The molecule has 7 aromatic rings. The molecule has 1 atom stereocenters. The van der Waals surface area contributed by atoms with Crippen molar-refractivity contribution in [3.8, 4) is 28.7 Å². The van der Waals surface area contributed by atoms with Crippen molar-refractivity contribution in [1.82, 2.24) is 4.57 Å². The minimum atomic E-state index is -5.25. The van der Waals surface area contributed by atoms with E-state index < -0.39 is 46.5 Å². The minimum absolute atomic E-state index is 0.0147. The van der Waals surface area contributed by atoms with Crippen molar-refractivity contribution in [1.29, 1.82) is 0 Å². The normalized spacial score (nSPS) is 15.9. The van der Waals surface area contributed by atoms with Crippen LogP contribution in [0.25, 0.3) is 44.3 Å². The number of rotatable bonds is 6. The van der Waals surface area contributed by atoms with Crippen molar-refractivity contribution in [2.75, 3.05) is 21.3 Å². The molecule has 6 aromatic carbocycles. The van der Waals surface area contributed by atoms with Gasteiger partial charge in [-0.25, -0.2) is 0 Å².